The van der Waals surface area contributed by atoms with Crippen molar-refractivity contribution in [2.45, 2.75) is 70.7 Å². The minimum Gasteiger partial charge on any atom is -0.460 e. The van der Waals surface area contributed by atoms with E-state index in [1.165, 1.54) is 4.31 Å². The van der Waals surface area contributed by atoms with Gasteiger partial charge >= 0.3 is 5.97 Å². The summed E-state index contributed by atoms with van der Waals surface area (Å²) < 4.78 is 35.3. The highest BCUT2D eigenvalue weighted by Crippen LogP contribution is 2.67. The molecule has 41 heavy (non-hydrogen) atoms. The summed E-state index contributed by atoms with van der Waals surface area (Å²) in [5, 5.41) is 3.14. The van der Waals surface area contributed by atoms with Crippen LogP contribution in [-0.2, 0) is 24.3 Å². The van der Waals surface area contributed by atoms with Gasteiger partial charge in [0.05, 0.1) is 11.7 Å². The molecule has 9 heteroatoms. The van der Waals surface area contributed by atoms with Gasteiger partial charge in [-0.3, -0.25) is 9.69 Å². The Morgan fingerprint density at radius 2 is 1.63 bits per heavy atom. The second-order valence-corrected chi connectivity index (χ2v) is 14.8. The molecule has 1 unspecified atom stereocenters. The van der Waals surface area contributed by atoms with Crippen LogP contribution in [0.3, 0.4) is 0 Å². The molecule has 8 nitrogen and oxygen atoms in total. The normalized spacial score (nSPS) is 35.1. The molecule has 2 aromatic rings. The summed E-state index contributed by atoms with van der Waals surface area (Å²) in [6, 6.07) is 19.1. The molecule has 6 rings (SSSR count). The van der Waals surface area contributed by atoms with E-state index < -0.39 is 45.1 Å². The topological polar surface area (TPSA) is 95.8 Å². The van der Waals surface area contributed by atoms with Crippen LogP contribution in [-0.4, -0.2) is 66.5 Å². The lowest BCUT2D eigenvalue weighted by molar-refractivity contribution is -0.165. The van der Waals surface area contributed by atoms with Crippen LogP contribution in [0.15, 0.2) is 60.7 Å². The molecule has 4 fully saturated rings. The Bertz CT molecular complexity index is 1430. The zero-order valence-electron chi connectivity index (χ0n) is 24.4. The molecule has 2 saturated carbocycles. The Morgan fingerprint density at radius 3 is 2.22 bits per heavy atom. The third kappa shape index (κ3) is 4.18. The molecule has 7 atom stereocenters. The molecular formula is C32H41N3O5S. The maximum absolute atomic E-state index is 14.5. The SMILES string of the molecule is CCN(CC)S(=O)(=O)C[C@]12CC[C@H](C[C@H]1OC(=O)[C@@]13CN1[C@H](c1ccccc1)NC(=O)[C@@H]3c1ccccc1)C2(C)C. The fraction of sp³-hybridized carbons (Fsp3) is 0.562. The number of rotatable bonds is 9. The lowest BCUT2D eigenvalue weighted by Gasteiger charge is -2.43. The van der Waals surface area contributed by atoms with Gasteiger partial charge < -0.3 is 10.1 Å². The maximum atomic E-state index is 14.5. The molecule has 0 aromatic heterocycles. The summed E-state index contributed by atoms with van der Waals surface area (Å²) >= 11 is 0. The highest BCUT2D eigenvalue weighted by atomic mass is 32.2. The van der Waals surface area contributed by atoms with Crippen molar-refractivity contribution in [3.8, 4) is 0 Å². The first-order chi connectivity index (χ1) is 19.5. The number of hydrogen-bond acceptors (Lipinski definition) is 6. The molecule has 2 aromatic carbocycles. The van der Waals surface area contributed by atoms with Crippen LogP contribution < -0.4 is 5.32 Å². The van der Waals surface area contributed by atoms with Crippen molar-refractivity contribution >= 4 is 21.9 Å². The molecule has 0 spiro atoms. The largest absolute Gasteiger partial charge is 0.460 e. The van der Waals surface area contributed by atoms with E-state index in [-0.39, 0.29) is 23.0 Å². The second kappa shape index (κ2) is 9.92. The number of esters is 1. The quantitative estimate of drug-likeness (QED) is 0.356. The van der Waals surface area contributed by atoms with Gasteiger partial charge in [0, 0.05) is 25.0 Å². The fourth-order valence-corrected chi connectivity index (χ4v) is 10.7. The number of nitrogens with zero attached hydrogens (tertiary/aromatic N) is 2. The molecule has 0 radical (unpaired) electrons. The van der Waals surface area contributed by atoms with Gasteiger partial charge in [-0.25, -0.2) is 17.5 Å². The summed E-state index contributed by atoms with van der Waals surface area (Å²) in [5.74, 6) is -1.11. The van der Waals surface area contributed by atoms with E-state index in [1.807, 2.05) is 79.4 Å². The minimum absolute atomic E-state index is 0.0327. The predicted octanol–water partition coefficient (Wildman–Crippen LogP) is 4.06. The number of carbonyl (C=O) groups excluding carboxylic acids is 2. The monoisotopic (exact) mass is 579 g/mol. The van der Waals surface area contributed by atoms with Crippen molar-refractivity contribution in [2.24, 2.45) is 16.7 Å². The first-order valence-corrected chi connectivity index (χ1v) is 16.5. The van der Waals surface area contributed by atoms with Crippen molar-refractivity contribution < 1.29 is 22.7 Å². The van der Waals surface area contributed by atoms with E-state index in [0.717, 1.165) is 17.5 Å². The summed E-state index contributed by atoms with van der Waals surface area (Å²) in [4.78, 5) is 30.2. The van der Waals surface area contributed by atoms with E-state index in [1.54, 1.807) is 0 Å². The standard InChI is InChI=1S/C32H41N3O5S/c1-5-34(6-2)41(38,39)21-31-18-17-24(30(31,3)4)19-25(31)40-29(37)32-20-35(32)27(23-15-11-8-12-16-23)33-28(36)26(32)22-13-9-7-10-14-22/h7-16,24-27H,5-6,17-21H2,1-4H3,(H,33,36)/t24-,25-,26+,27-,31-,32+,35?/m1/s1. The van der Waals surface area contributed by atoms with Crippen LogP contribution in [0.2, 0.25) is 0 Å². The number of benzene rings is 2. The van der Waals surface area contributed by atoms with Crippen LogP contribution in [0.25, 0.3) is 0 Å². The van der Waals surface area contributed by atoms with Gasteiger partial charge in [0.2, 0.25) is 15.9 Å². The molecular weight excluding hydrogens is 538 g/mol. The molecule has 2 heterocycles. The average molecular weight is 580 g/mol. The number of hydrogen-bond donors (Lipinski definition) is 1. The van der Waals surface area contributed by atoms with Gasteiger partial charge in [-0.2, -0.15) is 0 Å². The zero-order chi connectivity index (χ0) is 29.2. The number of amides is 1. The van der Waals surface area contributed by atoms with Crippen LogP contribution in [0.1, 0.15) is 70.2 Å². The van der Waals surface area contributed by atoms with Crippen molar-refractivity contribution in [3.05, 3.63) is 71.8 Å². The van der Waals surface area contributed by atoms with Crippen LogP contribution in [0.5, 0.6) is 0 Å². The van der Waals surface area contributed by atoms with Crippen molar-refractivity contribution in [2.75, 3.05) is 25.4 Å². The van der Waals surface area contributed by atoms with E-state index in [0.29, 0.717) is 32.5 Å². The molecule has 2 bridgehead atoms. The van der Waals surface area contributed by atoms with Crippen LogP contribution in [0, 0.1) is 16.7 Å². The number of ether oxygens (including phenoxy) is 1. The molecule has 4 aliphatic rings. The third-order valence-corrected chi connectivity index (χ3v) is 13.1. The zero-order valence-corrected chi connectivity index (χ0v) is 25.2. The van der Waals surface area contributed by atoms with Gasteiger partial charge in [0.1, 0.15) is 17.8 Å². The highest BCUT2D eigenvalue weighted by Gasteiger charge is 2.73. The maximum Gasteiger partial charge on any atom is 0.329 e. The van der Waals surface area contributed by atoms with Crippen LogP contribution >= 0.6 is 0 Å². The summed E-state index contributed by atoms with van der Waals surface area (Å²) in [6.45, 7) is 9.21. The van der Waals surface area contributed by atoms with Gasteiger partial charge in [-0.15, -0.1) is 0 Å². The van der Waals surface area contributed by atoms with E-state index >= 15 is 0 Å². The Balaban J connectivity index is 1.35. The first kappa shape index (κ1) is 28.4. The van der Waals surface area contributed by atoms with Gasteiger partial charge in [0.15, 0.2) is 0 Å². The summed E-state index contributed by atoms with van der Waals surface area (Å²) in [7, 11) is -3.56. The number of nitrogens with one attached hydrogen (secondary N) is 1. The summed E-state index contributed by atoms with van der Waals surface area (Å²) in [6.07, 6.45) is 1.31. The van der Waals surface area contributed by atoms with Crippen LogP contribution in [0.4, 0.5) is 0 Å². The van der Waals surface area contributed by atoms with E-state index in [4.69, 9.17) is 4.74 Å². The smallest absolute Gasteiger partial charge is 0.329 e. The molecule has 1 N–H and O–H groups in total. The van der Waals surface area contributed by atoms with Gasteiger partial charge in [-0.1, -0.05) is 88.4 Å². The number of carbonyl (C=O) groups is 2. The number of sulfonamides is 1. The number of fused-ring (bicyclic) bond motifs is 3. The van der Waals surface area contributed by atoms with E-state index in [2.05, 4.69) is 19.2 Å². The lowest BCUT2D eigenvalue weighted by Crippen LogP contribution is -2.55. The third-order valence-electron chi connectivity index (χ3n) is 10.9. The highest BCUT2D eigenvalue weighted by molar-refractivity contribution is 7.89. The Labute approximate surface area is 243 Å². The van der Waals surface area contributed by atoms with Crippen molar-refractivity contribution in [1.82, 2.24) is 14.5 Å². The Hall–Kier alpha value is -2.75. The first-order valence-electron chi connectivity index (χ1n) is 14.9. The molecule has 220 valence electrons. The second-order valence-electron chi connectivity index (χ2n) is 12.8. The van der Waals surface area contributed by atoms with E-state index in [9.17, 15) is 18.0 Å². The predicted molar refractivity (Wildman–Crippen MR) is 156 cm³/mol. The van der Waals surface area contributed by atoms with Gasteiger partial charge in [0.25, 0.3) is 0 Å². The van der Waals surface area contributed by atoms with Crippen molar-refractivity contribution in [1.29, 1.82) is 0 Å². The Kier molecular flexibility index (Phi) is 6.86. The summed E-state index contributed by atoms with van der Waals surface area (Å²) in [5.41, 5.74) is -0.444. The molecule has 2 aliphatic heterocycles. The average Bonchev–Trinajstić information content (AvgIpc) is 3.62. The minimum atomic E-state index is -3.56. The fourth-order valence-electron chi connectivity index (χ4n) is 8.36. The van der Waals surface area contributed by atoms with Crippen molar-refractivity contribution in [3.63, 3.8) is 0 Å². The molecule has 2 saturated heterocycles. The molecule has 1 amide bonds. The van der Waals surface area contributed by atoms with Gasteiger partial charge in [-0.05, 0) is 41.7 Å². The lowest BCUT2D eigenvalue weighted by atomic mass is 9.69. The molecule has 2 aliphatic carbocycles. The Morgan fingerprint density at radius 1 is 1.02 bits per heavy atom.